The van der Waals surface area contributed by atoms with E-state index in [4.69, 9.17) is 4.74 Å². The molecule has 0 radical (unpaired) electrons. The van der Waals surface area contributed by atoms with Crippen molar-refractivity contribution in [1.29, 1.82) is 0 Å². The third-order valence-electron chi connectivity index (χ3n) is 4.23. The van der Waals surface area contributed by atoms with Crippen LogP contribution in [0.2, 0.25) is 0 Å². The molecule has 0 atom stereocenters. The van der Waals surface area contributed by atoms with E-state index in [-0.39, 0.29) is 12.7 Å². The summed E-state index contributed by atoms with van der Waals surface area (Å²) in [5.41, 5.74) is 3.34. The van der Waals surface area contributed by atoms with Crippen molar-refractivity contribution in [3.8, 4) is 0 Å². The number of esters is 1. The van der Waals surface area contributed by atoms with Gasteiger partial charge in [0.05, 0.1) is 11.4 Å². The van der Waals surface area contributed by atoms with Crippen molar-refractivity contribution >= 4 is 42.5 Å². The minimum atomic E-state index is -0.180. The van der Waals surface area contributed by atoms with Crippen molar-refractivity contribution in [3.05, 3.63) is 59.9 Å². The van der Waals surface area contributed by atoms with E-state index in [1.54, 1.807) is 6.08 Å². The first-order valence-electron chi connectivity index (χ1n) is 9.77. The van der Waals surface area contributed by atoms with Gasteiger partial charge in [-0.1, -0.05) is 19.1 Å². The molecule has 0 heterocycles. The second-order valence-electron chi connectivity index (χ2n) is 6.38. The zero-order valence-electron chi connectivity index (χ0n) is 17.5. The van der Waals surface area contributed by atoms with Gasteiger partial charge in [-0.25, -0.2) is 9.98 Å². The van der Waals surface area contributed by atoms with Crippen LogP contribution in [0.3, 0.4) is 0 Å². The molecule has 0 aromatic heterocycles. The van der Waals surface area contributed by atoms with Crippen LogP contribution in [0.1, 0.15) is 32.3 Å². The molecule has 0 amide bonds. The van der Waals surface area contributed by atoms with E-state index in [9.17, 15) is 4.79 Å². The molecular formula is C23H27N5O2. The van der Waals surface area contributed by atoms with Crippen molar-refractivity contribution in [1.82, 2.24) is 0 Å². The minimum absolute atomic E-state index is 0.180. The normalized spacial score (nSPS) is 10.5. The highest BCUT2D eigenvalue weighted by Gasteiger charge is 2.07. The Balaban J connectivity index is 2.00. The second kappa shape index (κ2) is 12.1. The first-order valence-corrected chi connectivity index (χ1v) is 9.77. The number of rotatable bonds is 11. The Bertz CT molecular complexity index is 892. The molecule has 0 aliphatic heterocycles. The van der Waals surface area contributed by atoms with E-state index < -0.39 is 0 Å². The summed E-state index contributed by atoms with van der Waals surface area (Å²) in [7, 11) is 0. The van der Waals surface area contributed by atoms with Gasteiger partial charge in [0, 0.05) is 18.7 Å². The molecule has 2 rings (SSSR count). The van der Waals surface area contributed by atoms with Gasteiger partial charge in [-0.3, -0.25) is 4.79 Å². The minimum Gasteiger partial charge on any atom is -0.444 e. The number of nitrogens with zero attached hydrogens (tertiary/aromatic N) is 5. The molecule has 7 heteroatoms. The molecule has 0 N–H and O–H groups in total. The lowest BCUT2D eigenvalue weighted by Gasteiger charge is -2.22. The Morgan fingerprint density at radius 1 is 0.967 bits per heavy atom. The smallest absolute Gasteiger partial charge is 0.307 e. The van der Waals surface area contributed by atoms with Crippen molar-refractivity contribution < 1.29 is 9.53 Å². The molecule has 30 heavy (non-hydrogen) atoms. The summed E-state index contributed by atoms with van der Waals surface area (Å²) in [6.07, 6.45) is 2.99. The van der Waals surface area contributed by atoms with Gasteiger partial charge in [-0.05, 0) is 74.8 Å². The average molecular weight is 406 g/mol. The molecule has 0 fully saturated rings. The molecule has 0 aliphatic rings. The van der Waals surface area contributed by atoms with Gasteiger partial charge in [-0.15, -0.1) is 0 Å². The maximum Gasteiger partial charge on any atom is 0.307 e. The van der Waals surface area contributed by atoms with Crippen LogP contribution in [0.5, 0.6) is 0 Å². The summed E-state index contributed by atoms with van der Waals surface area (Å²) < 4.78 is 5.30. The van der Waals surface area contributed by atoms with E-state index in [1.165, 1.54) is 0 Å². The number of carbonyl (C=O) groups is 1. The van der Waals surface area contributed by atoms with Crippen LogP contribution in [0.15, 0.2) is 74.6 Å². The van der Waals surface area contributed by atoms with Gasteiger partial charge in [0.15, 0.2) is 12.6 Å². The van der Waals surface area contributed by atoms with Gasteiger partial charge < -0.3 is 9.64 Å². The van der Waals surface area contributed by atoms with Gasteiger partial charge in [0.1, 0.15) is 0 Å². The lowest BCUT2D eigenvalue weighted by atomic mass is 10.2. The number of ether oxygens (including phenoxy) is 1. The van der Waals surface area contributed by atoms with Crippen LogP contribution < -0.4 is 4.90 Å². The SMILES string of the molecule is C=NC(=Cc1ccc(N=Nc2ccc(N(CC)COC(=O)CCC)cc2)cc1)N=C. The van der Waals surface area contributed by atoms with Crippen molar-refractivity contribution in [2.45, 2.75) is 26.7 Å². The Kier molecular flexibility index (Phi) is 9.12. The standard InChI is InChI=1S/C23H27N5O2/c1-5-7-23(29)30-17-28(6-2)21-14-12-20(13-15-21)27-26-19-10-8-18(9-11-19)16-22(24-3)25-4/h8-16H,3-7,17H2,1-2H3. The van der Waals surface area contributed by atoms with Crippen LogP contribution in [0, 0.1) is 0 Å². The molecule has 2 aromatic rings. The molecule has 156 valence electrons. The molecule has 0 saturated heterocycles. The largest absolute Gasteiger partial charge is 0.444 e. The zero-order chi connectivity index (χ0) is 21.8. The molecule has 0 unspecified atom stereocenters. The fourth-order valence-electron chi connectivity index (χ4n) is 2.55. The zero-order valence-corrected chi connectivity index (χ0v) is 17.5. The molecule has 0 bridgehead atoms. The monoisotopic (exact) mass is 405 g/mol. The van der Waals surface area contributed by atoms with Gasteiger partial charge in [-0.2, -0.15) is 10.2 Å². The highest BCUT2D eigenvalue weighted by atomic mass is 16.5. The number of carbonyl (C=O) groups excluding carboxylic acids is 1. The number of hydrogen-bond donors (Lipinski definition) is 0. The van der Waals surface area contributed by atoms with Crippen LogP contribution in [0.25, 0.3) is 6.08 Å². The lowest BCUT2D eigenvalue weighted by Crippen LogP contribution is -2.27. The predicted octanol–water partition coefficient (Wildman–Crippen LogP) is 5.93. The fraction of sp³-hybridized carbons (Fsp3) is 0.261. The van der Waals surface area contributed by atoms with E-state index in [2.05, 4.69) is 33.6 Å². The summed E-state index contributed by atoms with van der Waals surface area (Å²) in [4.78, 5) is 21.1. The summed E-state index contributed by atoms with van der Waals surface area (Å²) in [6, 6.07) is 15.1. The van der Waals surface area contributed by atoms with E-state index in [0.29, 0.717) is 12.2 Å². The first kappa shape index (κ1) is 22.7. The summed E-state index contributed by atoms with van der Waals surface area (Å²) in [6.45, 7) is 11.8. The first-order chi connectivity index (χ1) is 14.6. The summed E-state index contributed by atoms with van der Waals surface area (Å²) in [5, 5.41) is 8.53. The summed E-state index contributed by atoms with van der Waals surface area (Å²) in [5.74, 6) is 0.284. The third kappa shape index (κ3) is 7.09. The molecule has 2 aromatic carbocycles. The number of aliphatic imine (C=N–C) groups is 2. The Hall–Kier alpha value is -3.61. The molecule has 0 saturated carbocycles. The Morgan fingerprint density at radius 3 is 2.03 bits per heavy atom. The number of azo groups is 1. The van der Waals surface area contributed by atoms with E-state index in [1.807, 2.05) is 67.3 Å². The van der Waals surface area contributed by atoms with Crippen LogP contribution in [0.4, 0.5) is 17.1 Å². The molecule has 7 nitrogen and oxygen atoms in total. The molecular weight excluding hydrogens is 378 g/mol. The van der Waals surface area contributed by atoms with Gasteiger partial charge in [0.25, 0.3) is 0 Å². The quantitative estimate of drug-likeness (QED) is 0.201. The van der Waals surface area contributed by atoms with Crippen LogP contribution >= 0.6 is 0 Å². The second-order valence-corrected chi connectivity index (χ2v) is 6.38. The van der Waals surface area contributed by atoms with Gasteiger partial charge >= 0.3 is 5.97 Å². The maximum atomic E-state index is 11.6. The van der Waals surface area contributed by atoms with Crippen molar-refractivity contribution in [2.75, 3.05) is 18.2 Å². The highest BCUT2D eigenvalue weighted by Crippen LogP contribution is 2.23. The third-order valence-corrected chi connectivity index (χ3v) is 4.23. The van der Waals surface area contributed by atoms with Crippen molar-refractivity contribution in [3.63, 3.8) is 0 Å². The van der Waals surface area contributed by atoms with Gasteiger partial charge in [0.2, 0.25) is 0 Å². The average Bonchev–Trinajstić information content (AvgIpc) is 2.78. The predicted molar refractivity (Wildman–Crippen MR) is 123 cm³/mol. The lowest BCUT2D eigenvalue weighted by molar-refractivity contribution is -0.143. The van der Waals surface area contributed by atoms with E-state index in [0.717, 1.165) is 35.6 Å². The maximum absolute atomic E-state index is 11.6. The number of benzene rings is 2. The van der Waals surface area contributed by atoms with Crippen LogP contribution in [-0.2, 0) is 9.53 Å². The highest BCUT2D eigenvalue weighted by molar-refractivity contribution is 5.69. The Morgan fingerprint density at radius 2 is 1.53 bits per heavy atom. The topological polar surface area (TPSA) is 79.0 Å². The van der Waals surface area contributed by atoms with Crippen molar-refractivity contribution in [2.24, 2.45) is 20.2 Å². The molecule has 0 aliphatic carbocycles. The number of anilines is 1. The van der Waals surface area contributed by atoms with Crippen LogP contribution in [-0.4, -0.2) is 32.7 Å². The Labute approximate surface area is 177 Å². The van der Waals surface area contributed by atoms with E-state index >= 15 is 0 Å². The fourth-order valence-corrected chi connectivity index (χ4v) is 2.55. The molecule has 0 spiro atoms. The summed E-state index contributed by atoms with van der Waals surface area (Å²) >= 11 is 0. The number of hydrogen-bond acceptors (Lipinski definition) is 7.